The molecule has 0 spiro atoms. The molecule has 0 heterocycles. The van der Waals surface area contributed by atoms with E-state index in [4.69, 9.17) is 5.11 Å². The van der Waals surface area contributed by atoms with Crippen LogP contribution in [0.4, 0.5) is 13.2 Å². The Morgan fingerprint density at radius 1 is 1.33 bits per heavy atom. The van der Waals surface area contributed by atoms with E-state index in [-0.39, 0.29) is 5.41 Å². The maximum absolute atomic E-state index is 12.4. The van der Waals surface area contributed by atoms with Crippen LogP contribution < -0.4 is 5.32 Å². The van der Waals surface area contributed by atoms with Crippen LogP contribution >= 0.6 is 0 Å². The van der Waals surface area contributed by atoms with Gasteiger partial charge >= 0.3 is 12.1 Å². The fourth-order valence-electron chi connectivity index (χ4n) is 1.81. The Bertz CT molecular complexity index is 278. The molecule has 0 aromatic heterocycles. The van der Waals surface area contributed by atoms with Crippen molar-refractivity contribution in [3.05, 3.63) is 0 Å². The van der Waals surface area contributed by atoms with Crippen LogP contribution in [-0.4, -0.2) is 55.9 Å². The summed E-state index contributed by atoms with van der Waals surface area (Å²) in [5.41, 5.74) is -0.224. The molecule has 0 radical (unpaired) electrons. The number of nitrogens with zero attached hydrogens (tertiary/aromatic N) is 1. The molecule has 0 aromatic carbocycles. The molecule has 4 nitrogen and oxygen atoms in total. The molecule has 1 atom stereocenters. The molecule has 1 unspecified atom stereocenters. The molecule has 0 rings (SSSR count). The highest BCUT2D eigenvalue weighted by Crippen LogP contribution is 2.26. The summed E-state index contributed by atoms with van der Waals surface area (Å²) in [4.78, 5) is 12.4. The summed E-state index contributed by atoms with van der Waals surface area (Å²) in [6.07, 6.45) is -4.72. The van der Waals surface area contributed by atoms with Crippen LogP contribution in [0.25, 0.3) is 0 Å². The number of alkyl halides is 3. The van der Waals surface area contributed by atoms with E-state index in [0.717, 1.165) is 0 Å². The second kappa shape index (κ2) is 6.38. The standard InChI is InChI=1S/C11H21F3N2O2/c1-10(2,7-16(3)4)6-15-5-8(9(17)18)11(12,13)14/h8,15H,5-7H2,1-4H3,(H,17,18). The molecule has 0 aliphatic rings. The Morgan fingerprint density at radius 2 is 1.83 bits per heavy atom. The Kier molecular flexibility index (Phi) is 6.09. The molecule has 0 aliphatic carbocycles. The lowest BCUT2D eigenvalue weighted by Gasteiger charge is -2.29. The average molecular weight is 270 g/mol. The van der Waals surface area contributed by atoms with E-state index in [1.165, 1.54) is 0 Å². The predicted molar refractivity (Wildman–Crippen MR) is 62.4 cm³/mol. The maximum atomic E-state index is 12.4. The first-order valence-electron chi connectivity index (χ1n) is 5.61. The smallest absolute Gasteiger partial charge is 0.403 e. The fraction of sp³-hybridized carbons (Fsp3) is 0.909. The van der Waals surface area contributed by atoms with Crippen molar-refractivity contribution in [3.63, 3.8) is 0 Å². The van der Waals surface area contributed by atoms with Crippen molar-refractivity contribution >= 4 is 5.97 Å². The van der Waals surface area contributed by atoms with Crippen LogP contribution in [0.1, 0.15) is 13.8 Å². The third-order valence-electron chi connectivity index (χ3n) is 2.39. The number of aliphatic carboxylic acids is 1. The van der Waals surface area contributed by atoms with Crippen molar-refractivity contribution < 1.29 is 23.1 Å². The van der Waals surface area contributed by atoms with Gasteiger partial charge in [-0.3, -0.25) is 4.79 Å². The molecule has 0 fully saturated rings. The Morgan fingerprint density at radius 3 is 2.17 bits per heavy atom. The van der Waals surface area contributed by atoms with E-state index in [2.05, 4.69) is 5.32 Å². The van der Waals surface area contributed by atoms with Gasteiger partial charge in [-0.2, -0.15) is 13.2 Å². The Hall–Kier alpha value is -0.820. The van der Waals surface area contributed by atoms with Crippen molar-refractivity contribution in [2.45, 2.75) is 20.0 Å². The second-order valence-electron chi connectivity index (χ2n) is 5.47. The fourth-order valence-corrected chi connectivity index (χ4v) is 1.81. The Labute approximate surface area is 105 Å². The number of hydrogen-bond donors (Lipinski definition) is 2. The second-order valence-corrected chi connectivity index (χ2v) is 5.47. The van der Waals surface area contributed by atoms with Crippen molar-refractivity contribution in [1.82, 2.24) is 10.2 Å². The molecule has 2 N–H and O–H groups in total. The van der Waals surface area contributed by atoms with Gasteiger partial charge in [-0.25, -0.2) is 0 Å². The molecule has 0 aliphatic heterocycles. The van der Waals surface area contributed by atoms with Crippen LogP contribution in [0.3, 0.4) is 0 Å². The zero-order chi connectivity index (χ0) is 14.6. The third-order valence-corrected chi connectivity index (χ3v) is 2.39. The SMILES string of the molecule is CN(C)CC(C)(C)CNCC(C(=O)O)C(F)(F)F. The monoisotopic (exact) mass is 270 g/mol. The minimum absolute atomic E-state index is 0.224. The van der Waals surface area contributed by atoms with E-state index in [1.54, 1.807) is 0 Å². The van der Waals surface area contributed by atoms with Crippen LogP contribution in [0.2, 0.25) is 0 Å². The molecule has 7 heteroatoms. The largest absolute Gasteiger partial charge is 0.481 e. The average Bonchev–Trinajstić information content (AvgIpc) is 2.07. The van der Waals surface area contributed by atoms with Crippen LogP contribution in [-0.2, 0) is 4.79 Å². The predicted octanol–water partition coefficient (Wildman–Crippen LogP) is 1.43. The lowest BCUT2D eigenvalue weighted by Crippen LogP contribution is -2.43. The quantitative estimate of drug-likeness (QED) is 0.735. The van der Waals surface area contributed by atoms with E-state index in [1.807, 2.05) is 32.8 Å². The summed E-state index contributed by atoms with van der Waals surface area (Å²) in [6.45, 7) is 4.23. The summed E-state index contributed by atoms with van der Waals surface area (Å²) in [6, 6.07) is 0. The van der Waals surface area contributed by atoms with Gasteiger partial charge in [0.05, 0.1) is 0 Å². The maximum Gasteiger partial charge on any atom is 0.403 e. The number of rotatable bonds is 7. The molecule has 0 amide bonds. The van der Waals surface area contributed by atoms with Crippen molar-refractivity contribution in [2.24, 2.45) is 11.3 Å². The minimum atomic E-state index is -4.72. The zero-order valence-corrected chi connectivity index (χ0v) is 11.1. The van der Waals surface area contributed by atoms with Crippen LogP contribution in [0.15, 0.2) is 0 Å². The Balaban J connectivity index is 4.27. The van der Waals surface area contributed by atoms with Gasteiger partial charge in [-0.15, -0.1) is 0 Å². The highest BCUT2D eigenvalue weighted by atomic mass is 19.4. The minimum Gasteiger partial charge on any atom is -0.481 e. The molecule has 0 saturated carbocycles. The molecule has 0 aromatic rings. The molecule has 18 heavy (non-hydrogen) atoms. The highest BCUT2D eigenvalue weighted by Gasteiger charge is 2.44. The number of hydrogen-bond acceptors (Lipinski definition) is 3. The van der Waals surface area contributed by atoms with Gasteiger partial charge in [0.1, 0.15) is 0 Å². The molecular weight excluding hydrogens is 249 g/mol. The summed E-state index contributed by atoms with van der Waals surface area (Å²) in [7, 11) is 3.75. The van der Waals surface area contributed by atoms with E-state index in [9.17, 15) is 18.0 Å². The first-order chi connectivity index (χ1) is 7.96. The molecule has 0 bridgehead atoms. The molecule has 108 valence electrons. The van der Waals surface area contributed by atoms with Gasteiger partial charge < -0.3 is 15.3 Å². The summed E-state index contributed by atoms with van der Waals surface area (Å²) in [5, 5.41) is 11.1. The summed E-state index contributed by atoms with van der Waals surface area (Å²) in [5.74, 6) is -4.20. The van der Waals surface area contributed by atoms with Gasteiger partial charge in [0.25, 0.3) is 0 Å². The lowest BCUT2D eigenvalue weighted by atomic mass is 9.92. The lowest BCUT2D eigenvalue weighted by molar-refractivity contribution is -0.192. The summed E-state index contributed by atoms with van der Waals surface area (Å²) >= 11 is 0. The number of nitrogens with one attached hydrogen (secondary N) is 1. The van der Waals surface area contributed by atoms with E-state index in [0.29, 0.717) is 13.1 Å². The highest BCUT2D eigenvalue weighted by molar-refractivity contribution is 5.71. The molecular formula is C11H21F3N2O2. The van der Waals surface area contributed by atoms with Gasteiger partial charge in [0.15, 0.2) is 5.92 Å². The zero-order valence-electron chi connectivity index (χ0n) is 11.1. The third kappa shape index (κ3) is 6.80. The van der Waals surface area contributed by atoms with Gasteiger partial charge in [0, 0.05) is 19.6 Å². The van der Waals surface area contributed by atoms with Gasteiger partial charge in [0.2, 0.25) is 0 Å². The van der Waals surface area contributed by atoms with Crippen molar-refractivity contribution in [3.8, 4) is 0 Å². The van der Waals surface area contributed by atoms with E-state index < -0.39 is 24.6 Å². The van der Waals surface area contributed by atoms with Crippen molar-refractivity contribution in [1.29, 1.82) is 0 Å². The topological polar surface area (TPSA) is 52.6 Å². The molecule has 0 saturated heterocycles. The number of carbonyl (C=O) groups is 1. The number of halogens is 3. The normalized spacial score (nSPS) is 14.9. The number of carboxylic acid groups (broad SMARTS) is 1. The van der Waals surface area contributed by atoms with E-state index >= 15 is 0 Å². The first kappa shape index (κ1) is 17.2. The van der Waals surface area contributed by atoms with Crippen molar-refractivity contribution in [2.75, 3.05) is 33.7 Å². The van der Waals surface area contributed by atoms with Gasteiger partial charge in [-0.1, -0.05) is 13.8 Å². The van der Waals surface area contributed by atoms with Crippen LogP contribution in [0.5, 0.6) is 0 Å². The number of carboxylic acids is 1. The van der Waals surface area contributed by atoms with Gasteiger partial charge in [-0.05, 0) is 19.5 Å². The summed E-state index contributed by atoms with van der Waals surface area (Å²) < 4.78 is 37.1. The van der Waals surface area contributed by atoms with Crippen LogP contribution in [0, 0.1) is 11.3 Å². The first-order valence-corrected chi connectivity index (χ1v) is 5.61.